The number of hydrogen-bond donors (Lipinski definition) is 0. The maximum Gasteiger partial charge on any atom is 0.280 e. The Bertz CT molecular complexity index is 1040. The highest BCUT2D eigenvalue weighted by molar-refractivity contribution is 7.18. The third-order valence-electron chi connectivity index (χ3n) is 5.92. The molecular formula is C20H24N6OS. The van der Waals surface area contributed by atoms with Crippen LogP contribution < -0.4 is 10.5 Å². The zero-order valence-electron chi connectivity index (χ0n) is 16.0. The summed E-state index contributed by atoms with van der Waals surface area (Å²) >= 11 is 1.66. The molecule has 1 atom stereocenters. The second-order valence-corrected chi connectivity index (χ2v) is 8.96. The molecule has 3 aromatic heterocycles. The summed E-state index contributed by atoms with van der Waals surface area (Å²) in [5.41, 5.74) is 2.45. The van der Waals surface area contributed by atoms with Gasteiger partial charge in [0.2, 0.25) is 0 Å². The fraction of sp³-hybridized carbons (Fsp3) is 0.500. The van der Waals surface area contributed by atoms with Crippen LogP contribution in [0.2, 0.25) is 0 Å². The fourth-order valence-corrected chi connectivity index (χ4v) is 5.59. The van der Waals surface area contributed by atoms with Gasteiger partial charge in [-0.25, -0.2) is 0 Å². The average molecular weight is 397 g/mol. The van der Waals surface area contributed by atoms with Crippen LogP contribution in [0.25, 0.3) is 10.2 Å². The number of anilines is 1. The molecule has 8 heteroatoms. The predicted octanol–water partition coefficient (Wildman–Crippen LogP) is 2.15. The van der Waals surface area contributed by atoms with Crippen molar-refractivity contribution >= 4 is 27.2 Å². The van der Waals surface area contributed by atoms with Crippen LogP contribution in [0.15, 0.2) is 29.3 Å². The highest BCUT2D eigenvalue weighted by Crippen LogP contribution is 2.35. The average Bonchev–Trinajstić information content (AvgIpc) is 3.09. The van der Waals surface area contributed by atoms with Gasteiger partial charge in [-0.15, -0.1) is 16.4 Å². The number of aromatic nitrogens is 4. The first-order valence-electron chi connectivity index (χ1n) is 9.94. The number of pyridine rings is 1. The van der Waals surface area contributed by atoms with Gasteiger partial charge in [-0.1, -0.05) is 12.1 Å². The summed E-state index contributed by atoms with van der Waals surface area (Å²) in [5, 5.41) is 9.45. The minimum Gasteiger partial charge on any atom is -0.369 e. The largest absolute Gasteiger partial charge is 0.369 e. The Balaban J connectivity index is 1.34. The van der Waals surface area contributed by atoms with Gasteiger partial charge in [0, 0.05) is 49.1 Å². The SMILES string of the molecule is C[C@@H]1CCc2c(sc3nnn(CN4CCN(c5ccncc5)CC4)c(=O)c23)C1. The molecule has 1 aliphatic heterocycles. The Labute approximate surface area is 167 Å². The minimum absolute atomic E-state index is 0.0219. The number of hydrogen-bond acceptors (Lipinski definition) is 7. The lowest BCUT2D eigenvalue weighted by molar-refractivity contribution is 0.189. The third-order valence-corrected chi connectivity index (χ3v) is 7.06. The van der Waals surface area contributed by atoms with Gasteiger partial charge in [0.1, 0.15) is 0 Å². The highest BCUT2D eigenvalue weighted by atomic mass is 32.1. The molecule has 1 saturated heterocycles. The number of thiophene rings is 1. The van der Waals surface area contributed by atoms with Crippen LogP contribution >= 0.6 is 11.3 Å². The van der Waals surface area contributed by atoms with Crippen LogP contribution in [0.5, 0.6) is 0 Å². The van der Waals surface area contributed by atoms with E-state index in [0.29, 0.717) is 12.6 Å². The van der Waals surface area contributed by atoms with Crippen LogP contribution in [0.3, 0.4) is 0 Å². The lowest BCUT2D eigenvalue weighted by Crippen LogP contribution is -2.48. The van der Waals surface area contributed by atoms with E-state index in [9.17, 15) is 4.79 Å². The summed E-state index contributed by atoms with van der Waals surface area (Å²) in [6.07, 6.45) is 6.86. The molecule has 5 rings (SSSR count). The maximum atomic E-state index is 13.1. The molecule has 7 nitrogen and oxygen atoms in total. The summed E-state index contributed by atoms with van der Waals surface area (Å²) in [6, 6.07) is 4.08. The van der Waals surface area contributed by atoms with E-state index in [-0.39, 0.29) is 5.56 Å². The van der Waals surface area contributed by atoms with Gasteiger partial charge in [-0.2, -0.15) is 4.68 Å². The Morgan fingerprint density at radius 1 is 1.18 bits per heavy atom. The van der Waals surface area contributed by atoms with Gasteiger partial charge < -0.3 is 4.90 Å². The number of piperazine rings is 1. The summed E-state index contributed by atoms with van der Waals surface area (Å²) in [5.74, 6) is 0.687. The molecule has 0 unspecified atom stereocenters. The van der Waals surface area contributed by atoms with Gasteiger partial charge >= 0.3 is 0 Å². The first-order valence-corrected chi connectivity index (χ1v) is 10.8. The second-order valence-electron chi connectivity index (χ2n) is 7.88. The molecule has 3 aromatic rings. The Morgan fingerprint density at radius 2 is 1.96 bits per heavy atom. The van der Waals surface area contributed by atoms with Gasteiger partial charge in [-0.05, 0) is 42.9 Å². The van der Waals surface area contributed by atoms with E-state index < -0.39 is 0 Å². The molecule has 0 aromatic carbocycles. The quantitative estimate of drug-likeness (QED) is 0.676. The Kier molecular flexibility index (Phi) is 4.60. The number of fused-ring (bicyclic) bond motifs is 3. The van der Waals surface area contributed by atoms with Crippen molar-refractivity contribution in [3.8, 4) is 0 Å². The fourth-order valence-electron chi connectivity index (χ4n) is 4.28. The maximum absolute atomic E-state index is 13.1. The van der Waals surface area contributed by atoms with Gasteiger partial charge in [0.25, 0.3) is 5.56 Å². The topological polar surface area (TPSA) is 67.2 Å². The van der Waals surface area contributed by atoms with E-state index in [1.807, 2.05) is 24.5 Å². The third kappa shape index (κ3) is 3.20. The van der Waals surface area contributed by atoms with Gasteiger partial charge in [0.05, 0.1) is 12.1 Å². The molecule has 28 heavy (non-hydrogen) atoms. The van der Waals surface area contributed by atoms with E-state index in [2.05, 4.69) is 32.0 Å². The molecule has 0 bridgehead atoms. The smallest absolute Gasteiger partial charge is 0.280 e. The molecule has 0 N–H and O–H groups in total. The molecule has 146 valence electrons. The molecule has 0 amide bonds. The first kappa shape index (κ1) is 17.8. The standard InChI is InChI=1S/C20H24N6OS/c1-14-2-3-16-17(12-14)28-19-18(16)20(27)26(23-22-19)13-24-8-10-25(11-9-24)15-4-6-21-7-5-15/h4-7,14H,2-3,8-13H2,1H3/t14-/m1/s1. The minimum atomic E-state index is 0.0219. The summed E-state index contributed by atoms with van der Waals surface area (Å²) in [4.78, 5) is 24.0. The van der Waals surface area contributed by atoms with Crippen molar-refractivity contribution in [2.45, 2.75) is 32.9 Å². The summed E-state index contributed by atoms with van der Waals surface area (Å²) in [6.45, 7) is 6.44. The zero-order valence-corrected chi connectivity index (χ0v) is 16.9. The molecule has 0 spiro atoms. The molecule has 0 saturated carbocycles. The van der Waals surface area contributed by atoms with E-state index in [1.165, 1.54) is 16.1 Å². The van der Waals surface area contributed by atoms with E-state index in [0.717, 1.165) is 55.7 Å². The molecule has 4 heterocycles. The Hall–Kier alpha value is -2.32. The molecule has 2 aliphatic rings. The van der Waals surface area contributed by atoms with E-state index in [1.54, 1.807) is 16.0 Å². The van der Waals surface area contributed by atoms with E-state index >= 15 is 0 Å². The van der Waals surface area contributed by atoms with E-state index in [4.69, 9.17) is 0 Å². The van der Waals surface area contributed by atoms with Crippen molar-refractivity contribution in [2.24, 2.45) is 5.92 Å². The van der Waals surface area contributed by atoms with Crippen molar-refractivity contribution in [3.05, 3.63) is 45.3 Å². The van der Waals surface area contributed by atoms with Crippen molar-refractivity contribution < 1.29 is 0 Å². The van der Waals surface area contributed by atoms with Crippen molar-refractivity contribution in [1.29, 1.82) is 0 Å². The molecular weight excluding hydrogens is 372 g/mol. The lowest BCUT2D eigenvalue weighted by Gasteiger charge is -2.35. The number of rotatable bonds is 3. The van der Waals surface area contributed by atoms with Crippen LogP contribution in [0.4, 0.5) is 5.69 Å². The first-order chi connectivity index (χ1) is 13.7. The van der Waals surface area contributed by atoms with Gasteiger partial charge in [-0.3, -0.25) is 14.7 Å². The molecule has 1 fully saturated rings. The zero-order chi connectivity index (χ0) is 19.1. The summed E-state index contributed by atoms with van der Waals surface area (Å²) in [7, 11) is 0. The predicted molar refractivity (Wildman–Crippen MR) is 111 cm³/mol. The lowest BCUT2D eigenvalue weighted by atomic mass is 9.89. The normalized spacial score (nSPS) is 20.5. The monoisotopic (exact) mass is 396 g/mol. The van der Waals surface area contributed by atoms with Crippen LogP contribution in [-0.2, 0) is 19.5 Å². The van der Waals surface area contributed by atoms with Crippen LogP contribution in [-0.4, -0.2) is 51.1 Å². The summed E-state index contributed by atoms with van der Waals surface area (Å²) < 4.78 is 1.55. The second kappa shape index (κ2) is 7.25. The van der Waals surface area contributed by atoms with Crippen molar-refractivity contribution in [3.63, 3.8) is 0 Å². The highest BCUT2D eigenvalue weighted by Gasteiger charge is 2.24. The van der Waals surface area contributed by atoms with Crippen LogP contribution in [0.1, 0.15) is 23.8 Å². The number of aryl methyl sites for hydroxylation is 1. The number of nitrogens with zero attached hydrogens (tertiary/aromatic N) is 6. The van der Waals surface area contributed by atoms with Crippen molar-refractivity contribution in [1.82, 2.24) is 24.9 Å². The Morgan fingerprint density at radius 3 is 2.75 bits per heavy atom. The molecule has 1 aliphatic carbocycles. The molecule has 0 radical (unpaired) electrons. The van der Waals surface area contributed by atoms with Gasteiger partial charge in [0.15, 0.2) is 4.83 Å². The van der Waals surface area contributed by atoms with Crippen molar-refractivity contribution in [2.75, 3.05) is 31.1 Å². The van der Waals surface area contributed by atoms with Crippen LogP contribution in [0, 0.1) is 5.92 Å².